The lowest BCUT2D eigenvalue weighted by Gasteiger charge is -2.15. The SMILES string of the molecule is COCC1CCC(Br)C1C. The fourth-order valence-electron chi connectivity index (χ4n) is 1.64. The Morgan fingerprint density at radius 2 is 2.20 bits per heavy atom. The van der Waals surface area contributed by atoms with Gasteiger partial charge >= 0.3 is 0 Å². The molecule has 10 heavy (non-hydrogen) atoms. The average molecular weight is 207 g/mol. The van der Waals surface area contributed by atoms with Gasteiger partial charge in [-0.2, -0.15) is 0 Å². The molecule has 0 aromatic carbocycles. The summed E-state index contributed by atoms with van der Waals surface area (Å²) in [4.78, 5) is 0.729. The summed E-state index contributed by atoms with van der Waals surface area (Å²) in [6, 6.07) is 0. The highest BCUT2D eigenvalue weighted by molar-refractivity contribution is 9.09. The lowest BCUT2D eigenvalue weighted by atomic mass is 9.99. The highest BCUT2D eigenvalue weighted by Crippen LogP contribution is 2.36. The second-order valence-corrected chi connectivity index (χ2v) is 4.34. The third-order valence-corrected chi connectivity index (χ3v) is 3.80. The zero-order valence-corrected chi connectivity index (χ0v) is 8.23. The first-order chi connectivity index (χ1) is 4.75. The Hall–Kier alpha value is 0.440. The molecule has 0 N–H and O–H groups in total. The number of halogens is 1. The Labute approximate surface area is 71.3 Å². The van der Waals surface area contributed by atoms with Crippen LogP contribution in [0.4, 0.5) is 0 Å². The number of methoxy groups -OCH3 is 1. The molecule has 0 radical (unpaired) electrons. The molecule has 1 saturated carbocycles. The van der Waals surface area contributed by atoms with Crippen molar-refractivity contribution in [3.63, 3.8) is 0 Å². The summed E-state index contributed by atoms with van der Waals surface area (Å²) in [7, 11) is 1.79. The van der Waals surface area contributed by atoms with E-state index < -0.39 is 0 Å². The fraction of sp³-hybridized carbons (Fsp3) is 1.00. The van der Waals surface area contributed by atoms with Gasteiger partial charge in [-0.3, -0.25) is 0 Å². The number of alkyl halides is 1. The lowest BCUT2D eigenvalue weighted by molar-refractivity contribution is 0.138. The summed E-state index contributed by atoms with van der Waals surface area (Å²) in [5, 5.41) is 0. The molecule has 2 heteroatoms. The van der Waals surface area contributed by atoms with E-state index in [-0.39, 0.29) is 0 Å². The molecule has 3 unspecified atom stereocenters. The topological polar surface area (TPSA) is 9.23 Å². The molecule has 60 valence electrons. The van der Waals surface area contributed by atoms with Crippen LogP contribution in [0.15, 0.2) is 0 Å². The van der Waals surface area contributed by atoms with Gasteiger partial charge in [0, 0.05) is 18.5 Å². The third-order valence-electron chi connectivity index (χ3n) is 2.51. The molecular formula is C8H15BrO. The summed E-state index contributed by atoms with van der Waals surface area (Å²) in [6.07, 6.45) is 2.64. The van der Waals surface area contributed by atoms with E-state index in [4.69, 9.17) is 4.74 Å². The van der Waals surface area contributed by atoms with Crippen molar-refractivity contribution in [1.29, 1.82) is 0 Å². The molecule has 1 aliphatic rings. The zero-order chi connectivity index (χ0) is 7.56. The Balaban J connectivity index is 2.33. The van der Waals surface area contributed by atoms with Crippen molar-refractivity contribution in [3.8, 4) is 0 Å². The van der Waals surface area contributed by atoms with Gasteiger partial charge in [-0.05, 0) is 24.7 Å². The van der Waals surface area contributed by atoms with Crippen LogP contribution in [0.5, 0.6) is 0 Å². The second kappa shape index (κ2) is 3.72. The smallest absolute Gasteiger partial charge is 0.0493 e. The molecule has 0 bridgehead atoms. The van der Waals surface area contributed by atoms with Crippen molar-refractivity contribution >= 4 is 15.9 Å². The first-order valence-electron chi connectivity index (χ1n) is 3.88. The van der Waals surface area contributed by atoms with Crippen molar-refractivity contribution in [3.05, 3.63) is 0 Å². The molecule has 0 heterocycles. The van der Waals surface area contributed by atoms with Crippen LogP contribution in [0.2, 0.25) is 0 Å². The second-order valence-electron chi connectivity index (χ2n) is 3.17. The third kappa shape index (κ3) is 1.73. The van der Waals surface area contributed by atoms with Gasteiger partial charge < -0.3 is 4.74 Å². The minimum absolute atomic E-state index is 0.729. The van der Waals surface area contributed by atoms with Crippen LogP contribution in [0.25, 0.3) is 0 Å². The van der Waals surface area contributed by atoms with Gasteiger partial charge in [-0.1, -0.05) is 22.9 Å². The van der Waals surface area contributed by atoms with Crippen LogP contribution >= 0.6 is 15.9 Å². The maximum Gasteiger partial charge on any atom is 0.0493 e. The van der Waals surface area contributed by atoms with Gasteiger partial charge in [0.05, 0.1) is 0 Å². The first kappa shape index (κ1) is 8.54. The van der Waals surface area contributed by atoms with Crippen LogP contribution < -0.4 is 0 Å². The van der Waals surface area contributed by atoms with E-state index in [9.17, 15) is 0 Å². The van der Waals surface area contributed by atoms with Crippen LogP contribution in [-0.4, -0.2) is 18.5 Å². The molecule has 0 aromatic rings. The van der Waals surface area contributed by atoms with Crippen molar-refractivity contribution in [1.82, 2.24) is 0 Å². The largest absolute Gasteiger partial charge is 0.384 e. The first-order valence-corrected chi connectivity index (χ1v) is 4.80. The number of hydrogen-bond donors (Lipinski definition) is 0. The van der Waals surface area contributed by atoms with Crippen LogP contribution in [-0.2, 0) is 4.74 Å². The Morgan fingerprint density at radius 1 is 1.50 bits per heavy atom. The molecule has 0 aliphatic heterocycles. The monoisotopic (exact) mass is 206 g/mol. The number of rotatable bonds is 2. The minimum atomic E-state index is 0.729. The maximum absolute atomic E-state index is 5.12. The number of hydrogen-bond acceptors (Lipinski definition) is 1. The Morgan fingerprint density at radius 3 is 2.60 bits per heavy atom. The summed E-state index contributed by atoms with van der Waals surface area (Å²) in [5.41, 5.74) is 0. The minimum Gasteiger partial charge on any atom is -0.384 e. The molecule has 1 nitrogen and oxygen atoms in total. The number of ether oxygens (including phenoxy) is 1. The molecule has 0 aromatic heterocycles. The van der Waals surface area contributed by atoms with Gasteiger partial charge in [-0.25, -0.2) is 0 Å². The summed E-state index contributed by atoms with van der Waals surface area (Å²) < 4.78 is 5.12. The maximum atomic E-state index is 5.12. The van der Waals surface area contributed by atoms with Gasteiger partial charge in [-0.15, -0.1) is 0 Å². The van der Waals surface area contributed by atoms with Gasteiger partial charge in [0.25, 0.3) is 0 Å². The standard InChI is InChI=1S/C8H15BrO/c1-6-7(5-10-2)3-4-8(6)9/h6-8H,3-5H2,1-2H3. The lowest BCUT2D eigenvalue weighted by Crippen LogP contribution is -2.14. The predicted molar refractivity (Wildman–Crippen MR) is 46.5 cm³/mol. The molecule has 0 amide bonds. The molecule has 3 atom stereocenters. The Bertz CT molecular complexity index is 103. The van der Waals surface area contributed by atoms with E-state index in [0.29, 0.717) is 0 Å². The fourth-order valence-corrected chi connectivity index (χ4v) is 2.34. The van der Waals surface area contributed by atoms with E-state index in [1.165, 1.54) is 12.8 Å². The highest BCUT2D eigenvalue weighted by atomic mass is 79.9. The molecule has 0 spiro atoms. The van der Waals surface area contributed by atoms with Crippen molar-refractivity contribution in [2.75, 3.05) is 13.7 Å². The van der Waals surface area contributed by atoms with Gasteiger partial charge in [0.15, 0.2) is 0 Å². The zero-order valence-electron chi connectivity index (χ0n) is 6.64. The summed E-state index contributed by atoms with van der Waals surface area (Å²) in [6.45, 7) is 3.24. The molecule has 1 rings (SSSR count). The van der Waals surface area contributed by atoms with Gasteiger partial charge in [0.2, 0.25) is 0 Å². The highest BCUT2D eigenvalue weighted by Gasteiger charge is 2.30. The molecular weight excluding hydrogens is 192 g/mol. The van der Waals surface area contributed by atoms with E-state index in [0.717, 1.165) is 23.3 Å². The average Bonchev–Trinajstić information content (AvgIpc) is 2.20. The molecule has 1 fully saturated rings. The van der Waals surface area contributed by atoms with Crippen molar-refractivity contribution < 1.29 is 4.74 Å². The van der Waals surface area contributed by atoms with Crippen LogP contribution in [0.3, 0.4) is 0 Å². The van der Waals surface area contributed by atoms with E-state index in [2.05, 4.69) is 22.9 Å². The van der Waals surface area contributed by atoms with E-state index in [1.807, 2.05) is 0 Å². The van der Waals surface area contributed by atoms with Gasteiger partial charge in [0.1, 0.15) is 0 Å². The van der Waals surface area contributed by atoms with Crippen LogP contribution in [0.1, 0.15) is 19.8 Å². The Kier molecular flexibility index (Phi) is 3.18. The summed E-state index contributed by atoms with van der Waals surface area (Å²) >= 11 is 3.66. The molecule has 1 aliphatic carbocycles. The van der Waals surface area contributed by atoms with E-state index in [1.54, 1.807) is 7.11 Å². The van der Waals surface area contributed by atoms with Crippen molar-refractivity contribution in [2.24, 2.45) is 11.8 Å². The normalized spacial score (nSPS) is 40.5. The van der Waals surface area contributed by atoms with Crippen LogP contribution in [0, 0.1) is 11.8 Å². The predicted octanol–water partition coefficient (Wildman–Crippen LogP) is 2.44. The quantitative estimate of drug-likeness (QED) is 0.632. The van der Waals surface area contributed by atoms with Crippen molar-refractivity contribution in [2.45, 2.75) is 24.6 Å². The van der Waals surface area contributed by atoms with E-state index >= 15 is 0 Å². The summed E-state index contributed by atoms with van der Waals surface area (Å²) in [5.74, 6) is 1.58. The molecule has 0 saturated heterocycles.